The maximum absolute atomic E-state index is 11.7. The Balaban J connectivity index is 2.52. The summed E-state index contributed by atoms with van der Waals surface area (Å²) in [6.45, 7) is 0. The van der Waals surface area contributed by atoms with Gasteiger partial charge in [-0.1, -0.05) is 6.08 Å². The highest BCUT2D eigenvalue weighted by Gasteiger charge is 2.55. The van der Waals surface area contributed by atoms with Crippen molar-refractivity contribution >= 4 is 42.9 Å². The third-order valence-electron chi connectivity index (χ3n) is 3.13. The Morgan fingerprint density at radius 1 is 1.40 bits per heavy atom. The number of esters is 1. The monoisotopic (exact) mass is 278 g/mol. The van der Waals surface area contributed by atoms with Crippen LogP contribution in [0.25, 0.3) is 0 Å². The molecule has 2 aliphatic rings. The third kappa shape index (κ3) is 1.50. The van der Waals surface area contributed by atoms with Gasteiger partial charge in [-0.15, -0.1) is 37.0 Å². The molecule has 0 radical (unpaired) electrons. The summed E-state index contributed by atoms with van der Waals surface area (Å²) in [6.07, 6.45) is 2.91. The molecule has 15 heavy (non-hydrogen) atoms. The number of hydrogen-bond acceptors (Lipinski definition) is 2. The summed E-state index contributed by atoms with van der Waals surface area (Å²) >= 11 is 0. The van der Waals surface area contributed by atoms with Gasteiger partial charge in [0.2, 0.25) is 0 Å². The molecule has 0 aliphatic heterocycles. The van der Waals surface area contributed by atoms with Crippen LogP contribution in [-0.2, 0) is 9.53 Å². The molecule has 6 heteroatoms. The first-order chi connectivity index (χ1) is 6.85. The second-order valence-corrected chi connectivity index (χ2v) is 7.24. The summed E-state index contributed by atoms with van der Waals surface area (Å²) in [5, 5.41) is 2.06. The van der Waals surface area contributed by atoms with E-state index in [0.717, 1.165) is 17.3 Å². The molecule has 6 atom stereocenters. The van der Waals surface area contributed by atoms with Gasteiger partial charge in [-0.25, -0.2) is 4.79 Å². The zero-order valence-corrected chi connectivity index (χ0v) is 13.0. The number of allylic oxidation sites excluding steroid dienone is 3. The molecule has 0 saturated carbocycles. The van der Waals surface area contributed by atoms with E-state index in [-0.39, 0.29) is 16.3 Å². The molecule has 2 aliphatic carbocycles. The molecule has 0 spiro atoms. The van der Waals surface area contributed by atoms with E-state index in [9.17, 15) is 4.79 Å². The van der Waals surface area contributed by atoms with E-state index in [1.54, 1.807) is 0 Å². The maximum atomic E-state index is 11.7. The summed E-state index contributed by atoms with van der Waals surface area (Å²) in [6, 6.07) is 0. The number of hydrogen-bond donors (Lipinski definition) is 0. The van der Waals surface area contributed by atoms with Crippen molar-refractivity contribution in [2.24, 2.45) is 0 Å². The number of ether oxygens (including phenoxy) is 1. The first-order valence-electron chi connectivity index (χ1n) is 4.51. The molecule has 0 aromatic heterocycles. The molecular formula is C9H14O2P4. The number of rotatable bonds is 1. The zero-order valence-electron chi connectivity index (χ0n) is 8.41. The fourth-order valence-corrected chi connectivity index (χ4v) is 5.13. The van der Waals surface area contributed by atoms with Crippen LogP contribution < -0.4 is 0 Å². The minimum atomic E-state index is -0.253. The molecule has 0 aromatic rings. The zero-order chi connectivity index (χ0) is 11.4. The van der Waals surface area contributed by atoms with Gasteiger partial charge >= 0.3 is 5.97 Å². The fourth-order valence-electron chi connectivity index (χ4n) is 2.25. The van der Waals surface area contributed by atoms with E-state index >= 15 is 0 Å². The standard InChI is InChI=1S/C9H14O2P4/c1-11-7(10)4-2-8(14)3-9(4,15)6(13)5(8)12/h2H,3,12-15H2,1H3/t8-,9-/m0/s1. The summed E-state index contributed by atoms with van der Waals surface area (Å²) in [4.78, 5) is 11.7. The first-order valence-corrected chi connectivity index (χ1v) is 6.82. The van der Waals surface area contributed by atoms with Crippen molar-refractivity contribution in [1.29, 1.82) is 0 Å². The maximum Gasteiger partial charge on any atom is 0.334 e. The molecule has 2 bridgehead atoms. The second-order valence-electron chi connectivity index (χ2n) is 4.07. The Kier molecular flexibility index (Phi) is 2.90. The normalized spacial score (nSPS) is 38.3. The van der Waals surface area contributed by atoms with Crippen LogP contribution in [0.1, 0.15) is 6.42 Å². The van der Waals surface area contributed by atoms with Gasteiger partial charge in [-0.3, -0.25) is 0 Å². The quantitative estimate of drug-likeness (QED) is 0.539. The topological polar surface area (TPSA) is 26.3 Å². The van der Waals surface area contributed by atoms with Crippen molar-refractivity contribution in [3.8, 4) is 0 Å². The Hall–Kier alpha value is 0.670. The SMILES string of the molecule is COC(=O)C1=C[C@]2(P)C[C@@]1(P)C(P)=C2P. The van der Waals surface area contributed by atoms with Gasteiger partial charge in [0.05, 0.1) is 7.11 Å². The molecule has 2 nitrogen and oxygen atoms in total. The van der Waals surface area contributed by atoms with Gasteiger partial charge in [0.1, 0.15) is 0 Å². The highest BCUT2D eigenvalue weighted by Crippen LogP contribution is 2.64. The van der Waals surface area contributed by atoms with Crippen molar-refractivity contribution < 1.29 is 9.53 Å². The summed E-state index contributed by atoms with van der Waals surface area (Å²) in [5.41, 5.74) is 0.751. The average Bonchev–Trinajstić information content (AvgIpc) is 2.56. The predicted molar refractivity (Wildman–Crippen MR) is 76.0 cm³/mol. The molecule has 0 amide bonds. The molecule has 0 heterocycles. The van der Waals surface area contributed by atoms with Crippen molar-refractivity contribution in [3.05, 3.63) is 22.3 Å². The summed E-state index contributed by atoms with van der Waals surface area (Å²) < 4.78 is 4.81. The van der Waals surface area contributed by atoms with Crippen LogP contribution in [-0.4, -0.2) is 23.4 Å². The molecule has 4 unspecified atom stereocenters. The molecule has 0 saturated heterocycles. The lowest BCUT2D eigenvalue weighted by Gasteiger charge is -2.25. The third-order valence-corrected chi connectivity index (χ3v) is 7.31. The largest absolute Gasteiger partial charge is 0.466 e. The highest BCUT2D eigenvalue weighted by molar-refractivity contribution is 7.34. The molecular weight excluding hydrogens is 264 g/mol. The van der Waals surface area contributed by atoms with Crippen molar-refractivity contribution in [1.82, 2.24) is 0 Å². The van der Waals surface area contributed by atoms with Gasteiger partial charge < -0.3 is 4.74 Å². The van der Waals surface area contributed by atoms with E-state index in [1.165, 1.54) is 12.4 Å². The smallest absolute Gasteiger partial charge is 0.334 e. The van der Waals surface area contributed by atoms with Gasteiger partial charge in [0.25, 0.3) is 0 Å². The lowest BCUT2D eigenvalue weighted by molar-refractivity contribution is -0.136. The number of carbonyl (C=O) groups excluding carboxylic acids is 1. The van der Waals surface area contributed by atoms with Crippen LogP contribution in [0.15, 0.2) is 22.3 Å². The minimum absolute atomic E-state index is 0.0903. The van der Waals surface area contributed by atoms with Gasteiger partial charge in [0.15, 0.2) is 0 Å². The Bertz CT molecular complexity index is 414. The van der Waals surface area contributed by atoms with Crippen LogP contribution in [0.5, 0.6) is 0 Å². The average molecular weight is 278 g/mol. The second kappa shape index (κ2) is 3.58. The van der Waals surface area contributed by atoms with Crippen LogP contribution in [0.2, 0.25) is 0 Å². The first kappa shape index (κ1) is 12.1. The Morgan fingerprint density at radius 3 is 2.40 bits per heavy atom. The lowest BCUT2D eigenvalue weighted by atomic mass is 10.0. The van der Waals surface area contributed by atoms with Gasteiger partial charge in [-0.2, -0.15) is 0 Å². The highest BCUT2D eigenvalue weighted by atomic mass is 31.0. The Morgan fingerprint density at radius 2 is 2.00 bits per heavy atom. The van der Waals surface area contributed by atoms with Crippen LogP contribution in [0.4, 0.5) is 0 Å². The van der Waals surface area contributed by atoms with E-state index < -0.39 is 0 Å². The van der Waals surface area contributed by atoms with E-state index in [0.29, 0.717) is 0 Å². The van der Waals surface area contributed by atoms with Gasteiger partial charge in [0, 0.05) is 15.9 Å². The summed E-state index contributed by atoms with van der Waals surface area (Å²) in [7, 11) is 12.6. The van der Waals surface area contributed by atoms with Crippen molar-refractivity contribution in [2.75, 3.05) is 7.11 Å². The van der Waals surface area contributed by atoms with E-state index in [1.807, 2.05) is 6.08 Å². The fraction of sp³-hybridized carbons (Fsp3) is 0.444. The molecule has 0 fully saturated rings. The van der Waals surface area contributed by atoms with Crippen molar-refractivity contribution in [2.45, 2.75) is 16.7 Å². The van der Waals surface area contributed by atoms with Crippen LogP contribution in [0.3, 0.4) is 0 Å². The van der Waals surface area contributed by atoms with E-state index in [4.69, 9.17) is 4.74 Å². The Labute approximate surface area is 98.9 Å². The summed E-state index contributed by atoms with van der Waals surface area (Å²) in [5.74, 6) is -0.230. The molecule has 82 valence electrons. The van der Waals surface area contributed by atoms with Gasteiger partial charge in [-0.05, 0) is 17.0 Å². The molecule has 2 rings (SSSR count). The van der Waals surface area contributed by atoms with Crippen molar-refractivity contribution in [3.63, 3.8) is 0 Å². The lowest BCUT2D eigenvalue weighted by Crippen LogP contribution is -2.25. The minimum Gasteiger partial charge on any atom is -0.466 e. The number of carbonyl (C=O) groups is 1. The van der Waals surface area contributed by atoms with Crippen LogP contribution in [0, 0.1) is 0 Å². The van der Waals surface area contributed by atoms with Crippen LogP contribution >= 0.6 is 37.0 Å². The number of fused-ring (bicyclic) bond motifs is 2. The molecule has 0 aromatic carbocycles. The predicted octanol–water partition coefficient (Wildman–Crippen LogP) is 1.69. The molecule has 0 N–H and O–H groups in total. The number of methoxy groups -OCH3 is 1. The van der Waals surface area contributed by atoms with E-state index in [2.05, 4.69) is 37.0 Å².